The molecule has 0 aliphatic rings. The maximum Gasteiger partial charge on any atom is 0.328 e. The van der Waals surface area contributed by atoms with E-state index in [1.807, 2.05) is 38.1 Å². The average Bonchev–Trinajstić information content (AvgIpc) is 2.49. The fourth-order valence-corrected chi connectivity index (χ4v) is 1.84. The van der Waals surface area contributed by atoms with Crippen LogP contribution in [0.5, 0.6) is 5.75 Å². The largest absolute Gasteiger partial charge is 0.496 e. The number of amides is 2. The predicted molar refractivity (Wildman–Crippen MR) is 79.0 cm³/mol. The van der Waals surface area contributed by atoms with E-state index in [1.165, 1.54) is 7.11 Å². The lowest BCUT2D eigenvalue weighted by molar-refractivity contribution is -0.143. The first-order valence-corrected chi connectivity index (χ1v) is 6.73. The number of rotatable bonds is 6. The molecule has 0 fully saturated rings. The predicted octanol–water partition coefficient (Wildman–Crippen LogP) is 1.69. The van der Waals surface area contributed by atoms with Crippen molar-refractivity contribution in [3.05, 3.63) is 29.8 Å². The number of esters is 1. The zero-order valence-corrected chi connectivity index (χ0v) is 12.8. The van der Waals surface area contributed by atoms with Gasteiger partial charge in [-0.15, -0.1) is 0 Å². The molecule has 1 atom stereocenters. The van der Waals surface area contributed by atoms with Crippen LogP contribution in [0.25, 0.3) is 0 Å². The van der Waals surface area contributed by atoms with Gasteiger partial charge in [-0.05, 0) is 12.0 Å². The summed E-state index contributed by atoms with van der Waals surface area (Å²) in [6, 6.07) is 6.30. The number of ether oxygens (including phenoxy) is 2. The third-order valence-corrected chi connectivity index (χ3v) is 3.04. The smallest absolute Gasteiger partial charge is 0.328 e. The van der Waals surface area contributed by atoms with E-state index in [1.54, 1.807) is 7.11 Å². The molecular weight excluding hydrogens is 272 g/mol. The molecule has 2 amide bonds. The van der Waals surface area contributed by atoms with E-state index in [4.69, 9.17) is 4.74 Å². The van der Waals surface area contributed by atoms with Crippen LogP contribution in [-0.4, -0.2) is 32.3 Å². The molecule has 0 bridgehead atoms. The van der Waals surface area contributed by atoms with Gasteiger partial charge >= 0.3 is 12.0 Å². The lowest BCUT2D eigenvalue weighted by atomic mass is 10.1. The minimum absolute atomic E-state index is 0.0607. The summed E-state index contributed by atoms with van der Waals surface area (Å²) in [5.74, 6) is 0.179. The van der Waals surface area contributed by atoms with Crippen molar-refractivity contribution >= 4 is 12.0 Å². The van der Waals surface area contributed by atoms with Crippen molar-refractivity contribution in [2.45, 2.75) is 26.4 Å². The van der Waals surface area contributed by atoms with Crippen molar-refractivity contribution in [2.75, 3.05) is 14.2 Å². The molecule has 6 heteroatoms. The third kappa shape index (κ3) is 4.98. The second-order valence-electron chi connectivity index (χ2n) is 4.88. The molecule has 0 saturated carbocycles. The van der Waals surface area contributed by atoms with E-state index >= 15 is 0 Å². The molecule has 0 radical (unpaired) electrons. The second kappa shape index (κ2) is 8.14. The van der Waals surface area contributed by atoms with Gasteiger partial charge in [0.25, 0.3) is 0 Å². The molecule has 1 aromatic carbocycles. The van der Waals surface area contributed by atoms with Crippen LogP contribution in [0.4, 0.5) is 4.79 Å². The summed E-state index contributed by atoms with van der Waals surface area (Å²) in [4.78, 5) is 23.5. The highest BCUT2D eigenvalue weighted by atomic mass is 16.5. The van der Waals surface area contributed by atoms with Crippen LogP contribution in [0.3, 0.4) is 0 Å². The first kappa shape index (κ1) is 16.8. The molecule has 0 aliphatic heterocycles. The molecule has 0 aromatic heterocycles. The van der Waals surface area contributed by atoms with Gasteiger partial charge in [0, 0.05) is 12.1 Å². The van der Waals surface area contributed by atoms with E-state index < -0.39 is 18.0 Å². The van der Waals surface area contributed by atoms with Gasteiger partial charge < -0.3 is 20.1 Å². The van der Waals surface area contributed by atoms with E-state index in [9.17, 15) is 9.59 Å². The van der Waals surface area contributed by atoms with Gasteiger partial charge in [-0.1, -0.05) is 32.0 Å². The van der Waals surface area contributed by atoms with Crippen LogP contribution in [0.15, 0.2) is 24.3 Å². The van der Waals surface area contributed by atoms with Gasteiger partial charge in [-0.3, -0.25) is 0 Å². The number of methoxy groups -OCH3 is 2. The standard InChI is InChI=1S/C15H22N2O4/c1-10(2)13(14(18)21-4)17-15(19)16-9-11-7-5-6-8-12(11)20-3/h5-8,10,13H,9H2,1-4H3,(H2,16,17,19). The summed E-state index contributed by atoms with van der Waals surface area (Å²) in [5, 5.41) is 5.31. The Hall–Kier alpha value is -2.24. The van der Waals surface area contributed by atoms with Gasteiger partial charge in [-0.2, -0.15) is 0 Å². The van der Waals surface area contributed by atoms with E-state index in [0.29, 0.717) is 12.3 Å². The van der Waals surface area contributed by atoms with Crippen LogP contribution in [0.1, 0.15) is 19.4 Å². The lowest BCUT2D eigenvalue weighted by Gasteiger charge is -2.20. The topological polar surface area (TPSA) is 76.7 Å². The molecule has 1 rings (SSSR count). The SMILES string of the molecule is COC(=O)C(NC(=O)NCc1ccccc1OC)C(C)C. The highest BCUT2D eigenvalue weighted by Gasteiger charge is 2.24. The summed E-state index contributed by atoms with van der Waals surface area (Å²) in [5.41, 5.74) is 0.856. The number of hydrogen-bond acceptors (Lipinski definition) is 4. The molecule has 21 heavy (non-hydrogen) atoms. The normalized spacial score (nSPS) is 11.7. The third-order valence-electron chi connectivity index (χ3n) is 3.04. The number of hydrogen-bond donors (Lipinski definition) is 2. The van der Waals surface area contributed by atoms with Crippen LogP contribution in [0.2, 0.25) is 0 Å². The molecule has 1 aromatic rings. The average molecular weight is 294 g/mol. The van der Waals surface area contributed by atoms with Crippen molar-refractivity contribution in [1.29, 1.82) is 0 Å². The summed E-state index contributed by atoms with van der Waals surface area (Å²) >= 11 is 0. The number of carbonyl (C=O) groups is 2. The highest BCUT2D eigenvalue weighted by Crippen LogP contribution is 2.16. The first-order chi connectivity index (χ1) is 9.99. The Kier molecular flexibility index (Phi) is 6.52. The molecule has 1 unspecified atom stereocenters. The van der Waals surface area contributed by atoms with Crippen LogP contribution >= 0.6 is 0 Å². The molecular formula is C15H22N2O4. The van der Waals surface area contributed by atoms with Gasteiger partial charge in [0.1, 0.15) is 11.8 Å². The quantitative estimate of drug-likeness (QED) is 0.783. The number of urea groups is 1. The second-order valence-corrected chi connectivity index (χ2v) is 4.88. The summed E-state index contributed by atoms with van der Waals surface area (Å²) < 4.78 is 9.88. The van der Waals surface area contributed by atoms with Crippen molar-refractivity contribution in [3.8, 4) is 5.75 Å². The Bertz CT molecular complexity index is 488. The summed E-state index contributed by atoms with van der Waals surface area (Å²) in [6.45, 7) is 3.98. The van der Waals surface area contributed by atoms with Crippen molar-refractivity contribution < 1.29 is 19.1 Å². The molecule has 0 saturated heterocycles. The van der Waals surface area contributed by atoms with Crippen molar-refractivity contribution in [1.82, 2.24) is 10.6 Å². The molecule has 2 N–H and O–H groups in total. The minimum atomic E-state index is -0.673. The molecule has 6 nitrogen and oxygen atoms in total. The zero-order chi connectivity index (χ0) is 15.8. The summed E-state index contributed by atoms with van der Waals surface area (Å²) in [6.07, 6.45) is 0. The maximum absolute atomic E-state index is 11.9. The van der Waals surface area contributed by atoms with Crippen molar-refractivity contribution in [2.24, 2.45) is 5.92 Å². The monoisotopic (exact) mass is 294 g/mol. The molecule has 0 aliphatic carbocycles. The maximum atomic E-state index is 11.9. The van der Waals surface area contributed by atoms with Gasteiger partial charge in [-0.25, -0.2) is 9.59 Å². The first-order valence-electron chi connectivity index (χ1n) is 6.73. The molecule has 0 heterocycles. The zero-order valence-electron chi connectivity index (χ0n) is 12.8. The van der Waals surface area contributed by atoms with Crippen molar-refractivity contribution in [3.63, 3.8) is 0 Å². The Balaban J connectivity index is 2.59. The highest BCUT2D eigenvalue weighted by molar-refractivity contribution is 5.83. The van der Waals surface area contributed by atoms with Crippen LogP contribution < -0.4 is 15.4 Å². The van der Waals surface area contributed by atoms with E-state index in [-0.39, 0.29) is 5.92 Å². The van der Waals surface area contributed by atoms with Crippen LogP contribution in [0, 0.1) is 5.92 Å². The van der Waals surface area contributed by atoms with Gasteiger partial charge in [0.05, 0.1) is 14.2 Å². The molecule has 0 spiro atoms. The number of para-hydroxylation sites is 1. The molecule has 116 valence electrons. The number of nitrogens with one attached hydrogen (secondary N) is 2. The van der Waals surface area contributed by atoms with Gasteiger partial charge in [0.2, 0.25) is 0 Å². The number of benzene rings is 1. The number of carbonyl (C=O) groups excluding carboxylic acids is 2. The Morgan fingerprint density at radius 2 is 1.86 bits per heavy atom. The fourth-order valence-electron chi connectivity index (χ4n) is 1.84. The van der Waals surface area contributed by atoms with Gasteiger partial charge in [0.15, 0.2) is 0 Å². The Morgan fingerprint density at radius 1 is 1.19 bits per heavy atom. The lowest BCUT2D eigenvalue weighted by Crippen LogP contribution is -2.48. The summed E-state index contributed by atoms with van der Waals surface area (Å²) in [7, 11) is 2.87. The van der Waals surface area contributed by atoms with E-state index in [0.717, 1.165) is 5.56 Å². The minimum Gasteiger partial charge on any atom is -0.496 e. The Morgan fingerprint density at radius 3 is 2.43 bits per heavy atom. The van der Waals surface area contributed by atoms with E-state index in [2.05, 4.69) is 15.4 Å². The fraction of sp³-hybridized carbons (Fsp3) is 0.467. The van der Waals surface area contributed by atoms with Crippen LogP contribution in [-0.2, 0) is 16.1 Å². The Labute approximate surface area is 124 Å².